The van der Waals surface area contributed by atoms with Crippen LogP contribution in [-0.2, 0) is 9.84 Å². The second kappa shape index (κ2) is 4.82. The van der Waals surface area contributed by atoms with Gasteiger partial charge in [0.25, 0.3) is 0 Å². The van der Waals surface area contributed by atoms with E-state index in [2.05, 4.69) is 5.32 Å². The smallest absolute Gasteiger partial charge is 0.179 e. The van der Waals surface area contributed by atoms with Crippen molar-refractivity contribution in [2.75, 3.05) is 19.8 Å². The first-order chi connectivity index (χ1) is 7.38. The molecule has 0 aliphatic rings. The van der Waals surface area contributed by atoms with E-state index in [4.69, 9.17) is 0 Å². The van der Waals surface area contributed by atoms with E-state index < -0.39 is 15.9 Å². The second-order valence-corrected chi connectivity index (χ2v) is 5.49. The van der Waals surface area contributed by atoms with Gasteiger partial charge in [-0.1, -0.05) is 12.1 Å². The van der Waals surface area contributed by atoms with E-state index in [1.54, 1.807) is 7.05 Å². The van der Waals surface area contributed by atoms with Gasteiger partial charge in [0.15, 0.2) is 9.84 Å². The van der Waals surface area contributed by atoms with E-state index in [0.29, 0.717) is 0 Å². The van der Waals surface area contributed by atoms with E-state index in [1.165, 1.54) is 18.2 Å². The summed E-state index contributed by atoms with van der Waals surface area (Å²) in [6, 6.07) is 4.27. The normalized spacial score (nSPS) is 13.7. The molecule has 0 bridgehead atoms. The van der Waals surface area contributed by atoms with Crippen LogP contribution in [0.5, 0.6) is 5.75 Å². The third-order valence-corrected chi connectivity index (χ3v) is 3.34. The molecule has 0 aromatic heterocycles. The maximum atomic E-state index is 11.5. The molecule has 0 saturated heterocycles. The first-order valence-electron chi connectivity index (χ1n) is 4.72. The Hall–Kier alpha value is -1.11. The van der Waals surface area contributed by atoms with E-state index in [0.717, 1.165) is 6.26 Å². The molecule has 0 aliphatic carbocycles. The van der Waals surface area contributed by atoms with Crippen LogP contribution in [0.15, 0.2) is 23.1 Å². The molecule has 0 saturated carbocycles. The van der Waals surface area contributed by atoms with E-state index in [9.17, 15) is 18.6 Å². The number of hydrogen-bond donors (Lipinski definition) is 3. The summed E-state index contributed by atoms with van der Waals surface area (Å²) in [5.74, 6) is -0.338. The number of phenolic OH excluding ortho intramolecular Hbond substituents is 1. The number of sulfone groups is 1. The van der Waals surface area contributed by atoms with Gasteiger partial charge in [-0.2, -0.15) is 0 Å². The molecule has 3 N–H and O–H groups in total. The van der Waals surface area contributed by atoms with Gasteiger partial charge in [-0.05, 0) is 13.1 Å². The zero-order valence-corrected chi connectivity index (χ0v) is 9.95. The fourth-order valence-corrected chi connectivity index (χ4v) is 2.59. The monoisotopic (exact) mass is 245 g/mol. The molecule has 0 fully saturated rings. The molecular formula is C10H15NO4S. The molecule has 1 aromatic rings. The minimum Gasteiger partial charge on any atom is -0.507 e. The SMILES string of the molecule is CNCC(O)c1cccc(O)c1S(C)(=O)=O. The lowest BCUT2D eigenvalue weighted by Crippen LogP contribution is -2.18. The average Bonchev–Trinajstić information content (AvgIpc) is 2.15. The van der Waals surface area contributed by atoms with Crippen LogP contribution in [0.25, 0.3) is 0 Å². The van der Waals surface area contributed by atoms with Crippen molar-refractivity contribution < 1.29 is 18.6 Å². The molecule has 16 heavy (non-hydrogen) atoms. The molecule has 0 heterocycles. The molecule has 1 rings (SSSR count). The van der Waals surface area contributed by atoms with Crippen molar-refractivity contribution in [3.8, 4) is 5.75 Å². The van der Waals surface area contributed by atoms with Crippen molar-refractivity contribution in [1.82, 2.24) is 5.32 Å². The number of nitrogens with one attached hydrogen (secondary N) is 1. The Balaban J connectivity index is 3.35. The highest BCUT2D eigenvalue weighted by Crippen LogP contribution is 2.30. The summed E-state index contributed by atoms with van der Waals surface area (Å²) in [7, 11) is -1.92. The largest absolute Gasteiger partial charge is 0.507 e. The van der Waals surface area contributed by atoms with Crippen molar-refractivity contribution in [3.05, 3.63) is 23.8 Å². The molecule has 1 atom stereocenters. The number of rotatable bonds is 4. The minimum absolute atomic E-state index is 0.205. The summed E-state index contributed by atoms with van der Waals surface area (Å²) >= 11 is 0. The number of hydrogen-bond acceptors (Lipinski definition) is 5. The molecule has 1 aromatic carbocycles. The Kier molecular flexibility index (Phi) is 3.90. The Morgan fingerprint density at radius 1 is 1.44 bits per heavy atom. The lowest BCUT2D eigenvalue weighted by molar-refractivity contribution is 0.174. The summed E-state index contributed by atoms with van der Waals surface area (Å²) in [5.41, 5.74) is 0.205. The van der Waals surface area contributed by atoms with Crippen molar-refractivity contribution in [1.29, 1.82) is 0 Å². The van der Waals surface area contributed by atoms with E-state index in [-0.39, 0.29) is 22.8 Å². The Morgan fingerprint density at radius 2 is 2.06 bits per heavy atom. The highest BCUT2D eigenvalue weighted by molar-refractivity contribution is 7.90. The maximum absolute atomic E-state index is 11.5. The lowest BCUT2D eigenvalue weighted by Gasteiger charge is -2.15. The van der Waals surface area contributed by atoms with Crippen LogP contribution >= 0.6 is 0 Å². The predicted octanol–water partition coefficient (Wildman–Crippen LogP) is 0.0485. The summed E-state index contributed by atoms with van der Waals surface area (Å²) in [5, 5.41) is 22.0. The minimum atomic E-state index is -3.57. The Morgan fingerprint density at radius 3 is 2.56 bits per heavy atom. The summed E-state index contributed by atoms with van der Waals surface area (Å²) in [6.45, 7) is 0.214. The van der Waals surface area contributed by atoms with Crippen LogP contribution in [0.4, 0.5) is 0 Å². The number of aliphatic hydroxyl groups excluding tert-OH is 1. The average molecular weight is 245 g/mol. The Labute approximate surface area is 94.7 Å². The fourth-order valence-electron chi connectivity index (χ4n) is 1.51. The number of likely N-dealkylation sites (N-methyl/N-ethyl adjacent to an activating group) is 1. The van der Waals surface area contributed by atoms with Gasteiger partial charge in [0, 0.05) is 18.4 Å². The number of aliphatic hydroxyl groups is 1. The first kappa shape index (κ1) is 13.0. The molecule has 1 unspecified atom stereocenters. The van der Waals surface area contributed by atoms with Crippen molar-refractivity contribution in [2.45, 2.75) is 11.0 Å². The maximum Gasteiger partial charge on any atom is 0.179 e. The van der Waals surface area contributed by atoms with Gasteiger partial charge < -0.3 is 15.5 Å². The zero-order chi connectivity index (χ0) is 12.3. The second-order valence-electron chi connectivity index (χ2n) is 3.54. The van der Waals surface area contributed by atoms with E-state index in [1.807, 2.05) is 0 Å². The van der Waals surface area contributed by atoms with Gasteiger partial charge in [0.2, 0.25) is 0 Å². The van der Waals surface area contributed by atoms with Gasteiger partial charge in [0.1, 0.15) is 10.6 Å². The van der Waals surface area contributed by atoms with Gasteiger partial charge in [-0.25, -0.2) is 8.42 Å². The third kappa shape index (κ3) is 2.72. The highest BCUT2D eigenvalue weighted by Gasteiger charge is 2.22. The van der Waals surface area contributed by atoms with Crippen LogP contribution in [0.3, 0.4) is 0 Å². The van der Waals surface area contributed by atoms with Gasteiger partial charge in [0.05, 0.1) is 6.10 Å². The van der Waals surface area contributed by atoms with Crippen LogP contribution in [0, 0.1) is 0 Å². The molecule has 0 aliphatic heterocycles. The molecule has 5 nitrogen and oxygen atoms in total. The number of benzene rings is 1. The standard InChI is InChI=1S/C10H15NO4S/c1-11-6-9(13)7-4-3-5-8(12)10(7)16(2,14)15/h3-5,9,11-13H,6H2,1-2H3. The highest BCUT2D eigenvalue weighted by atomic mass is 32.2. The molecule has 90 valence electrons. The predicted molar refractivity (Wildman–Crippen MR) is 60.1 cm³/mol. The zero-order valence-electron chi connectivity index (χ0n) is 9.14. The van der Waals surface area contributed by atoms with Crippen molar-refractivity contribution in [2.24, 2.45) is 0 Å². The van der Waals surface area contributed by atoms with Gasteiger partial charge >= 0.3 is 0 Å². The van der Waals surface area contributed by atoms with Gasteiger partial charge in [-0.3, -0.25) is 0 Å². The van der Waals surface area contributed by atoms with Crippen LogP contribution in [-0.4, -0.2) is 38.5 Å². The summed E-state index contributed by atoms with van der Waals surface area (Å²) in [4.78, 5) is -0.210. The lowest BCUT2D eigenvalue weighted by atomic mass is 10.1. The molecule has 0 spiro atoms. The fraction of sp³-hybridized carbons (Fsp3) is 0.400. The number of phenols is 1. The molecule has 0 amide bonds. The van der Waals surface area contributed by atoms with Crippen LogP contribution in [0.1, 0.15) is 11.7 Å². The van der Waals surface area contributed by atoms with Crippen LogP contribution in [0.2, 0.25) is 0 Å². The Bertz CT molecular complexity index is 470. The third-order valence-electron chi connectivity index (χ3n) is 2.15. The first-order valence-corrected chi connectivity index (χ1v) is 6.61. The molecular weight excluding hydrogens is 230 g/mol. The summed E-state index contributed by atoms with van der Waals surface area (Å²) in [6.07, 6.45) is 0.0271. The topological polar surface area (TPSA) is 86.6 Å². The van der Waals surface area contributed by atoms with Crippen molar-refractivity contribution >= 4 is 9.84 Å². The number of aromatic hydroxyl groups is 1. The summed E-state index contributed by atoms with van der Waals surface area (Å²) < 4.78 is 23.0. The van der Waals surface area contributed by atoms with Crippen LogP contribution < -0.4 is 5.32 Å². The van der Waals surface area contributed by atoms with Crippen molar-refractivity contribution in [3.63, 3.8) is 0 Å². The quantitative estimate of drug-likeness (QED) is 0.697. The van der Waals surface area contributed by atoms with Gasteiger partial charge in [-0.15, -0.1) is 0 Å². The van der Waals surface area contributed by atoms with E-state index >= 15 is 0 Å². The molecule has 6 heteroatoms. The molecule has 0 radical (unpaired) electrons.